The molecule has 0 aromatic heterocycles. The Balaban J connectivity index is 1.66. The van der Waals surface area contributed by atoms with Crippen molar-refractivity contribution in [1.29, 1.82) is 0 Å². The van der Waals surface area contributed by atoms with Gasteiger partial charge in [0.1, 0.15) is 5.78 Å². The molecule has 0 radical (unpaired) electrons. The van der Waals surface area contributed by atoms with Gasteiger partial charge >= 0.3 is 0 Å². The summed E-state index contributed by atoms with van der Waals surface area (Å²) < 4.78 is 0. The molecule has 3 rings (SSSR count). The van der Waals surface area contributed by atoms with Crippen molar-refractivity contribution in [2.24, 2.45) is 5.92 Å². The summed E-state index contributed by atoms with van der Waals surface area (Å²) in [6.07, 6.45) is 7.90. The maximum absolute atomic E-state index is 12.0. The number of carbonyl (C=O) groups is 1. The second-order valence-electron chi connectivity index (χ2n) is 5.60. The van der Waals surface area contributed by atoms with E-state index in [0.29, 0.717) is 17.6 Å². The van der Waals surface area contributed by atoms with Crippen LogP contribution in [-0.4, -0.2) is 5.78 Å². The van der Waals surface area contributed by atoms with Crippen molar-refractivity contribution in [2.45, 2.75) is 50.9 Å². The van der Waals surface area contributed by atoms with E-state index >= 15 is 0 Å². The summed E-state index contributed by atoms with van der Waals surface area (Å²) in [5.74, 6) is 1.56. The largest absolute Gasteiger partial charge is 0.299 e. The van der Waals surface area contributed by atoms with Crippen molar-refractivity contribution in [1.82, 2.24) is 0 Å². The predicted molar refractivity (Wildman–Crippen MR) is 69.1 cm³/mol. The van der Waals surface area contributed by atoms with E-state index in [2.05, 4.69) is 24.3 Å². The van der Waals surface area contributed by atoms with E-state index in [-0.39, 0.29) is 0 Å². The van der Waals surface area contributed by atoms with Crippen LogP contribution in [-0.2, 0) is 11.2 Å². The van der Waals surface area contributed by atoms with Crippen LogP contribution in [0, 0.1) is 5.92 Å². The predicted octanol–water partition coefficient (Wildman–Crippen LogP) is 3.87. The van der Waals surface area contributed by atoms with Crippen LogP contribution in [0.2, 0.25) is 0 Å². The topological polar surface area (TPSA) is 17.1 Å². The number of Topliss-reactive ketones (excluding diaryl/α,β-unsaturated/α-hetero) is 1. The summed E-state index contributed by atoms with van der Waals surface area (Å²) in [7, 11) is 0. The van der Waals surface area contributed by atoms with Crippen LogP contribution < -0.4 is 0 Å². The van der Waals surface area contributed by atoms with Gasteiger partial charge in [0.15, 0.2) is 0 Å². The Morgan fingerprint density at radius 2 is 1.94 bits per heavy atom. The lowest BCUT2D eigenvalue weighted by atomic mass is 9.72. The maximum atomic E-state index is 12.0. The molecule has 2 aliphatic rings. The lowest BCUT2D eigenvalue weighted by molar-refractivity contribution is -0.123. The van der Waals surface area contributed by atoms with Gasteiger partial charge in [0, 0.05) is 12.3 Å². The molecule has 0 bridgehead atoms. The average Bonchev–Trinajstić information content (AvgIpc) is 2.51. The molecule has 2 aliphatic carbocycles. The average molecular weight is 228 g/mol. The SMILES string of the molecule is O=C1CCCCCC1CC1Cc2ccccc21. The molecule has 2 atom stereocenters. The molecule has 90 valence electrons. The van der Waals surface area contributed by atoms with Crippen LogP contribution in [0.1, 0.15) is 55.6 Å². The van der Waals surface area contributed by atoms with Gasteiger partial charge in [-0.25, -0.2) is 0 Å². The summed E-state index contributed by atoms with van der Waals surface area (Å²) in [4.78, 5) is 12.0. The number of hydrogen-bond acceptors (Lipinski definition) is 1. The quantitative estimate of drug-likeness (QED) is 0.702. The van der Waals surface area contributed by atoms with Crippen molar-refractivity contribution in [3.05, 3.63) is 35.4 Å². The minimum absolute atomic E-state index is 0.357. The number of fused-ring (bicyclic) bond motifs is 1. The van der Waals surface area contributed by atoms with E-state index in [4.69, 9.17) is 0 Å². The summed E-state index contributed by atoms with van der Waals surface area (Å²) >= 11 is 0. The Morgan fingerprint density at radius 3 is 2.82 bits per heavy atom. The van der Waals surface area contributed by atoms with Gasteiger partial charge < -0.3 is 0 Å². The fourth-order valence-corrected chi connectivity index (χ4v) is 3.40. The highest BCUT2D eigenvalue weighted by Crippen LogP contribution is 2.41. The number of carbonyl (C=O) groups excluding carboxylic acids is 1. The van der Waals surface area contributed by atoms with Gasteiger partial charge in [-0.05, 0) is 42.7 Å². The zero-order valence-electron chi connectivity index (χ0n) is 10.3. The Labute approximate surface area is 103 Å². The first kappa shape index (κ1) is 11.0. The van der Waals surface area contributed by atoms with Crippen molar-refractivity contribution >= 4 is 5.78 Å². The van der Waals surface area contributed by atoms with Crippen molar-refractivity contribution < 1.29 is 4.79 Å². The Kier molecular flexibility index (Phi) is 3.00. The molecule has 2 unspecified atom stereocenters. The van der Waals surface area contributed by atoms with Gasteiger partial charge in [-0.2, -0.15) is 0 Å². The lowest BCUT2D eigenvalue weighted by Crippen LogP contribution is -2.23. The number of ketones is 1. The van der Waals surface area contributed by atoms with E-state index in [1.54, 1.807) is 0 Å². The van der Waals surface area contributed by atoms with Crippen molar-refractivity contribution in [3.63, 3.8) is 0 Å². The molecule has 0 amide bonds. The molecule has 0 spiro atoms. The standard InChI is InChI=1S/C16H20O/c17-16-9-3-1-2-7-13(16)11-14-10-12-6-4-5-8-15(12)14/h4-6,8,13-14H,1-3,7,9-11H2. The van der Waals surface area contributed by atoms with Crippen LogP contribution in [0.5, 0.6) is 0 Å². The molecule has 1 aromatic carbocycles. The molecule has 1 fully saturated rings. The zero-order chi connectivity index (χ0) is 11.7. The Hall–Kier alpha value is -1.11. The van der Waals surface area contributed by atoms with Gasteiger partial charge in [0.2, 0.25) is 0 Å². The minimum atomic E-state index is 0.357. The molecule has 0 heterocycles. The van der Waals surface area contributed by atoms with Gasteiger partial charge in [-0.3, -0.25) is 4.79 Å². The zero-order valence-corrected chi connectivity index (χ0v) is 10.3. The Bertz CT molecular complexity index is 421. The van der Waals surface area contributed by atoms with E-state index in [0.717, 1.165) is 25.7 Å². The first-order chi connectivity index (χ1) is 8.34. The van der Waals surface area contributed by atoms with Gasteiger partial charge in [0.25, 0.3) is 0 Å². The third kappa shape index (κ3) is 2.15. The van der Waals surface area contributed by atoms with E-state index in [9.17, 15) is 4.79 Å². The first-order valence-electron chi connectivity index (χ1n) is 6.95. The first-order valence-corrected chi connectivity index (χ1v) is 6.95. The van der Waals surface area contributed by atoms with Gasteiger partial charge in [-0.15, -0.1) is 0 Å². The molecule has 17 heavy (non-hydrogen) atoms. The van der Waals surface area contributed by atoms with Crippen molar-refractivity contribution in [3.8, 4) is 0 Å². The highest BCUT2D eigenvalue weighted by molar-refractivity contribution is 5.81. The smallest absolute Gasteiger partial charge is 0.135 e. The monoisotopic (exact) mass is 228 g/mol. The number of benzene rings is 1. The normalized spacial score (nSPS) is 28.1. The highest BCUT2D eigenvalue weighted by Gasteiger charge is 2.30. The van der Waals surface area contributed by atoms with Crippen LogP contribution in [0.15, 0.2) is 24.3 Å². The summed E-state index contributed by atoms with van der Waals surface area (Å²) in [6.45, 7) is 0. The number of rotatable bonds is 2. The molecule has 1 aromatic rings. The minimum Gasteiger partial charge on any atom is -0.299 e. The maximum Gasteiger partial charge on any atom is 0.135 e. The summed E-state index contributed by atoms with van der Waals surface area (Å²) in [5.41, 5.74) is 3.00. The molecule has 0 saturated heterocycles. The Morgan fingerprint density at radius 1 is 1.06 bits per heavy atom. The molecular weight excluding hydrogens is 208 g/mol. The summed E-state index contributed by atoms with van der Waals surface area (Å²) in [6, 6.07) is 8.71. The second-order valence-corrected chi connectivity index (χ2v) is 5.60. The van der Waals surface area contributed by atoms with Crippen LogP contribution in [0.4, 0.5) is 0 Å². The summed E-state index contributed by atoms with van der Waals surface area (Å²) in [5, 5.41) is 0. The fraction of sp³-hybridized carbons (Fsp3) is 0.562. The van der Waals surface area contributed by atoms with E-state index in [1.165, 1.54) is 30.4 Å². The van der Waals surface area contributed by atoms with E-state index < -0.39 is 0 Å². The third-order valence-corrected chi connectivity index (χ3v) is 4.46. The fourth-order valence-electron chi connectivity index (χ4n) is 3.40. The van der Waals surface area contributed by atoms with Gasteiger partial charge in [0.05, 0.1) is 0 Å². The molecule has 0 aliphatic heterocycles. The second kappa shape index (κ2) is 4.64. The number of hydrogen-bond donors (Lipinski definition) is 0. The van der Waals surface area contributed by atoms with Gasteiger partial charge in [-0.1, -0.05) is 37.1 Å². The molecule has 1 heteroatoms. The highest BCUT2D eigenvalue weighted by atomic mass is 16.1. The molecule has 1 saturated carbocycles. The van der Waals surface area contributed by atoms with Crippen molar-refractivity contribution in [2.75, 3.05) is 0 Å². The van der Waals surface area contributed by atoms with Crippen LogP contribution >= 0.6 is 0 Å². The lowest BCUT2D eigenvalue weighted by Gasteiger charge is -2.32. The molecule has 0 N–H and O–H groups in total. The molecule has 1 nitrogen and oxygen atoms in total. The van der Waals surface area contributed by atoms with Crippen LogP contribution in [0.25, 0.3) is 0 Å². The third-order valence-electron chi connectivity index (χ3n) is 4.46. The van der Waals surface area contributed by atoms with Crippen LogP contribution in [0.3, 0.4) is 0 Å². The molecular formula is C16H20O. The van der Waals surface area contributed by atoms with E-state index in [1.807, 2.05) is 0 Å².